The quantitative estimate of drug-likeness (QED) is 0.248. The summed E-state index contributed by atoms with van der Waals surface area (Å²) in [4.78, 5) is 0. The van der Waals surface area contributed by atoms with Crippen LogP contribution in [0.3, 0.4) is 0 Å². The molecule has 1 aliphatic carbocycles. The van der Waals surface area contributed by atoms with Gasteiger partial charge in [-0.25, -0.2) is 0 Å². The Morgan fingerprint density at radius 2 is 1.44 bits per heavy atom. The van der Waals surface area contributed by atoms with Crippen LogP contribution in [0.1, 0.15) is 40.0 Å². The van der Waals surface area contributed by atoms with Crippen LogP contribution in [-0.4, -0.2) is 5.66 Å². The second-order valence-corrected chi connectivity index (χ2v) is 15.2. The average Bonchev–Trinajstić information content (AvgIpc) is 3.24. The molecular weight excluding hydrogens is 470 g/mol. The first-order valence-electron chi connectivity index (χ1n) is 12.4. The van der Waals surface area contributed by atoms with Crippen LogP contribution < -0.4 is 20.5 Å². The smallest absolute Gasteiger partial charge is 0.0872 e. The molecule has 0 bridgehead atoms. The van der Waals surface area contributed by atoms with E-state index in [1.54, 1.807) is 11.3 Å². The monoisotopic (exact) mass is 503 g/mol. The van der Waals surface area contributed by atoms with Gasteiger partial charge in [0.15, 0.2) is 5.66 Å². The van der Waals surface area contributed by atoms with Crippen LogP contribution in [0.15, 0.2) is 84.9 Å². The molecule has 1 unspecified atom stereocenters. The number of benzene rings is 3. The zero-order valence-electron chi connectivity index (χ0n) is 20.2. The standard InChI is InChI=1S/C30H33OP2S/c1-21(2)25-19-18-22(3)20-27(25)33(31)30-29(26-16-10-11-17-28(26)34-30)32(23-12-6-4-7-13-23)24-14-8-5-9-15-24/h4-17,21-22,25,27H,18-20H2,1-3H3/q+1/t22-,25+,27-/m1/s1. The SMILES string of the molecule is CC(C)[C@@H]1CC[C@@H](C)C[C@H]1[P+](=O)c1sc2ccccc2c1P(c1ccccc1)c1ccccc1. The minimum absolute atomic E-state index is 0.272. The van der Waals surface area contributed by atoms with Gasteiger partial charge >= 0.3 is 7.80 Å². The van der Waals surface area contributed by atoms with Crippen molar-refractivity contribution < 1.29 is 4.57 Å². The third-order valence-electron chi connectivity index (χ3n) is 7.29. The first-order valence-corrected chi connectivity index (χ1v) is 15.9. The van der Waals surface area contributed by atoms with Crippen molar-refractivity contribution in [1.29, 1.82) is 0 Å². The Morgan fingerprint density at radius 1 is 0.853 bits per heavy atom. The van der Waals surface area contributed by atoms with Crippen LogP contribution in [0.5, 0.6) is 0 Å². The summed E-state index contributed by atoms with van der Waals surface area (Å²) in [5.41, 5.74) is 0.272. The normalized spacial score (nSPS) is 21.3. The summed E-state index contributed by atoms with van der Waals surface area (Å²) in [6, 6.07) is 30.5. The second kappa shape index (κ2) is 10.4. The molecule has 0 saturated heterocycles. The van der Waals surface area contributed by atoms with Crippen LogP contribution in [0.25, 0.3) is 10.1 Å². The largest absolute Gasteiger partial charge is 0.391 e. The van der Waals surface area contributed by atoms with Crippen LogP contribution in [0.4, 0.5) is 0 Å². The molecule has 4 aromatic rings. The first kappa shape index (κ1) is 23.9. The molecule has 0 aliphatic heterocycles. The van der Waals surface area contributed by atoms with Gasteiger partial charge in [-0.3, -0.25) is 0 Å². The Balaban J connectivity index is 1.72. The van der Waals surface area contributed by atoms with E-state index in [1.165, 1.54) is 38.8 Å². The van der Waals surface area contributed by atoms with E-state index >= 15 is 0 Å². The lowest BCUT2D eigenvalue weighted by Gasteiger charge is -2.31. The van der Waals surface area contributed by atoms with Gasteiger partial charge in [0.05, 0.1) is 5.30 Å². The van der Waals surface area contributed by atoms with E-state index in [0.717, 1.165) is 11.0 Å². The van der Waals surface area contributed by atoms with Crippen molar-refractivity contribution in [3.05, 3.63) is 84.9 Å². The molecule has 1 aromatic heterocycles. The summed E-state index contributed by atoms with van der Waals surface area (Å²) in [5, 5.41) is 5.27. The Kier molecular flexibility index (Phi) is 7.31. The van der Waals surface area contributed by atoms with E-state index < -0.39 is 15.7 Å². The number of fused-ring (bicyclic) bond motifs is 1. The Bertz CT molecular complexity index is 1230. The fourth-order valence-corrected chi connectivity index (χ4v) is 12.9. The fraction of sp³-hybridized carbons (Fsp3) is 0.333. The molecule has 1 saturated carbocycles. The molecule has 0 N–H and O–H groups in total. The maximum atomic E-state index is 14.6. The molecule has 1 fully saturated rings. The minimum Gasteiger partial charge on any atom is -0.0872 e. The highest BCUT2D eigenvalue weighted by molar-refractivity contribution is 7.83. The molecule has 4 atom stereocenters. The van der Waals surface area contributed by atoms with Gasteiger partial charge in [0.1, 0.15) is 0 Å². The van der Waals surface area contributed by atoms with E-state index in [1.807, 2.05) is 0 Å². The van der Waals surface area contributed by atoms with Gasteiger partial charge in [0.25, 0.3) is 4.62 Å². The molecule has 1 aliphatic rings. The minimum atomic E-state index is -1.49. The van der Waals surface area contributed by atoms with E-state index in [0.29, 0.717) is 17.8 Å². The van der Waals surface area contributed by atoms with Crippen molar-refractivity contribution in [2.75, 3.05) is 0 Å². The van der Waals surface area contributed by atoms with Gasteiger partial charge in [-0.2, -0.15) is 0 Å². The number of hydrogen-bond donors (Lipinski definition) is 0. The van der Waals surface area contributed by atoms with Gasteiger partial charge in [0, 0.05) is 16.0 Å². The highest BCUT2D eigenvalue weighted by Crippen LogP contribution is 2.49. The maximum absolute atomic E-state index is 14.6. The lowest BCUT2D eigenvalue weighted by molar-refractivity contribution is 0.239. The number of rotatable bonds is 6. The first-order chi connectivity index (χ1) is 16.5. The molecule has 1 nitrogen and oxygen atoms in total. The third-order valence-corrected chi connectivity index (χ3v) is 13.8. The molecule has 0 radical (unpaired) electrons. The Hall–Kier alpha value is -1.85. The molecule has 34 heavy (non-hydrogen) atoms. The van der Waals surface area contributed by atoms with Gasteiger partial charge in [-0.15, -0.1) is 0 Å². The lowest BCUT2D eigenvalue weighted by Crippen LogP contribution is -2.34. The summed E-state index contributed by atoms with van der Waals surface area (Å²) in [5.74, 6) is 1.76. The Morgan fingerprint density at radius 3 is 2.06 bits per heavy atom. The van der Waals surface area contributed by atoms with E-state index in [9.17, 15) is 4.57 Å². The average molecular weight is 504 g/mol. The lowest BCUT2D eigenvalue weighted by atomic mass is 9.77. The van der Waals surface area contributed by atoms with Crippen LogP contribution in [-0.2, 0) is 4.57 Å². The predicted octanol–water partition coefficient (Wildman–Crippen LogP) is 7.57. The zero-order valence-corrected chi connectivity index (χ0v) is 22.8. The molecule has 5 rings (SSSR count). The van der Waals surface area contributed by atoms with Crippen LogP contribution in [0, 0.1) is 17.8 Å². The molecule has 0 spiro atoms. The van der Waals surface area contributed by atoms with Crippen LogP contribution >= 0.6 is 27.1 Å². The van der Waals surface area contributed by atoms with Crippen molar-refractivity contribution in [1.82, 2.24) is 0 Å². The van der Waals surface area contributed by atoms with Gasteiger partial charge in [0.2, 0.25) is 0 Å². The molecule has 174 valence electrons. The summed E-state index contributed by atoms with van der Waals surface area (Å²) >= 11 is 1.79. The molecule has 0 amide bonds. The molecule has 4 heteroatoms. The summed E-state index contributed by atoms with van der Waals surface area (Å²) < 4.78 is 17.0. The molecule has 3 aromatic carbocycles. The molecule has 1 heterocycles. The highest BCUT2D eigenvalue weighted by atomic mass is 32.1. The van der Waals surface area contributed by atoms with Gasteiger partial charge < -0.3 is 0 Å². The van der Waals surface area contributed by atoms with Crippen molar-refractivity contribution in [2.24, 2.45) is 17.8 Å². The zero-order chi connectivity index (χ0) is 23.7. The van der Waals surface area contributed by atoms with Crippen LogP contribution in [0.2, 0.25) is 0 Å². The highest BCUT2D eigenvalue weighted by Gasteiger charge is 2.47. The topological polar surface area (TPSA) is 17.1 Å². The summed E-state index contributed by atoms with van der Waals surface area (Å²) in [6.07, 6.45) is 3.56. The third kappa shape index (κ3) is 4.66. The summed E-state index contributed by atoms with van der Waals surface area (Å²) in [7, 11) is -2.29. The Labute approximate surface area is 210 Å². The second-order valence-electron chi connectivity index (χ2n) is 9.98. The maximum Gasteiger partial charge on any atom is 0.391 e. The van der Waals surface area contributed by atoms with Crippen molar-refractivity contribution in [3.63, 3.8) is 0 Å². The van der Waals surface area contributed by atoms with Gasteiger partial charge in [-0.1, -0.05) is 122 Å². The summed E-state index contributed by atoms with van der Waals surface area (Å²) in [6.45, 7) is 6.99. The number of thiophene rings is 1. The van der Waals surface area contributed by atoms with E-state index in [2.05, 4.69) is 106 Å². The van der Waals surface area contributed by atoms with E-state index in [4.69, 9.17) is 0 Å². The number of hydrogen-bond acceptors (Lipinski definition) is 2. The fourth-order valence-electron chi connectivity index (χ4n) is 5.52. The van der Waals surface area contributed by atoms with E-state index in [-0.39, 0.29) is 5.66 Å². The van der Waals surface area contributed by atoms with Gasteiger partial charge in [-0.05, 0) is 49.3 Å². The molecular formula is C30H33OP2S+. The predicted molar refractivity (Wildman–Crippen MR) is 153 cm³/mol. The van der Waals surface area contributed by atoms with Crippen molar-refractivity contribution in [2.45, 2.75) is 45.7 Å². The van der Waals surface area contributed by atoms with Crippen molar-refractivity contribution >= 4 is 57.7 Å². The van der Waals surface area contributed by atoms with Crippen molar-refractivity contribution in [3.8, 4) is 0 Å².